The van der Waals surface area contributed by atoms with Crippen LogP contribution in [-0.4, -0.2) is 23.9 Å². The molecule has 1 aliphatic rings. The molecule has 0 radical (unpaired) electrons. The summed E-state index contributed by atoms with van der Waals surface area (Å²) in [5, 5.41) is 13.6. The number of nitrogens with zero attached hydrogens (tertiary/aromatic N) is 2. The van der Waals surface area contributed by atoms with Crippen LogP contribution in [0.4, 0.5) is 30.2 Å². The third-order valence-corrected chi connectivity index (χ3v) is 4.67. The fraction of sp³-hybridized carbons (Fsp3) is 0.316. The summed E-state index contributed by atoms with van der Waals surface area (Å²) in [5.41, 5.74) is -1.21. The molecule has 0 aromatic heterocycles. The molecular weight excluding hydrogens is 375 g/mol. The molecule has 1 saturated heterocycles. The third kappa shape index (κ3) is 4.41. The Hall–Kier alpha value is -3.10. The second-order valence-corrected chi connectivity index (χ2v) is 6.60. The van der Waals surface area contributed by atoms with Crippen molar-refractivity contribution < 1.29 is 22.9 Å². The number of anilines is 2. The summed E-state index contributed by atoms with van der Waals surface area (Å²) < 4.78 is 40.4. The Labute approximate surface area is 159 Å². The SMILES string of the molecule is O=C(Nc1ccccc1)C1CCCN(c2ccc([N+](=O)[O-])cc2C(F)(F)F)C1. The predicted molar refractivity (Wildman–Crippen MR) is 98.1 cm³/mol. The summed E-state index contributed by atoms with van der Waals surface area (Å²) in [6.45, 7) is 0.454. The Balaban J connectivity index is 1.82. The smallest absolute Gasteiger partial charge is 0.370 e. The molecule has 1 atom stereocenters. The molecule has 1 unspecified atom stereocenters. The van der Waals surface area contributed by atoms with Gasteiger partial charge in [-0.2, -0.15) is 13.2 Å². The van der Waals surface area contributed by atoms with Gasteiger partial charge in [0.1, 0.15) is 0 Å². The van der Waals surface area contributed by atoms with Crippen LogP contribution < -0.4 is 10.2 Å². The number of rotatable bonds is 4. The highest BCUT2D eigenvalue weighted by atomic mass is 19.4. The van der Waals surface area contributed by atoms with Gasteiger partial charge in [0.05, 0.1) is 16.4 Å². The number of amides is 1. The zero-order valence-electron chi connectivity index (χ0n) is 14.8. The van der Waals surface area contributed by atoms with Gasteiger partial charge in [0.15, 0.2) is 0 Å². The zero-order valence-corrected chi connectivity index (χ0v) is 14.8. The summed E-state index contributed by atoms with van der Waals surface area (Å²) in [4.78, 5) is 24.0. The van der Waals surface area contributed by atoms with Crippen LogP contribution in [0, 0.1) is 16.0 Å². The highest BCUT2D eigenvalue weighted by Crippen LogP contribution is 2.40. The van der Waals surface area contributed by atoms with Gasteiger partial charge in [0.2, 0.25) is 5.91 Å². The van der Waals surface area contributed by atoms with E-state index in [0.717, 1.165) is 12.1 Å². The van der Waals surface area contributed by atoms with E-state index in [2.05, 4.69) is 5.32 Å². The number of alkyl halides is 3. The van der Waals surface area contributed by atoms with Crippen LogP contribution in [-0.2, 0) is 11.0 Å². The van der Waals surface area contributed by atoms with Gasteiger partial charge in [0, 0.05) is 36.6 Å². The molecule has 2 aromatic rings. The molecule has 0 saturated carbocycles. The lowest BCUT2D eigenvalue weighted by Gasteiger charge is -2.35. The number of nitrogens with one attached hydrogen (secondary N) is 1. The number of para-hydroxylation sites is 1. The van der Waals surface area contributed by atoms with Gasteiger partial charge < -0.3 is 10.2 Å². The van der Waals surface area contributed by atoms with E-state index in [1.165, 1.54) is 4.90 Å². The maximum Gasteiger partial charge on any atom is 0.418 e. The molecule has 2 aromatic carbocycles. The monoisotopic (exact) mass is 393 g/mol. The fourth-order valence-electron chi connectivity index (χ4n) is 3.32. The molecular formula is C19H18F3N3O3. The van der Waals surface area contributed by atoms with E-state index in [1.807, 2.05) is 6.07 Å². The van der Waals surface area contributed by atoms with Gasteiger partial charge in [-0.1, -0.05) is 18.2 Å². The van der Waals surface area contributed by atoms with Crippen molar-refractivity contribution >= 4 is 23.0 Å². The van der Waals surface area contributed by atoms with E-state index in [4.69, 9.17) is 0 Å². The van der Waals surface area contributed by atoms with E-state index < -0.39 is 28.3 Å². The predicted octanol–water partition coefficient (Wildman–Crippen LogP) is 4.47. The number of carbonyl (C=O) groups excluding carboxylic acids is 1. The molecule has 0 spiro atoms. The largest absolute Gasteiger partial charge is 0.418 e. The molecule has 1 N–H and O–H groups in total. The lowest BCUT2D eigenvalue weighted by atomic mass is 9.95. The average molecular weight is 393 g/mol. The van der Waals surface area contributed by atoms with Crippen LogP contribution in [0.25, 0.3) is 0 Å². The van der Waals surface area contributed by atoms with E-state index in [-0.39, 0.29) is 18.1 Å². The molecule has 148 valence electrons. The number of carbonyl (C=O) groups is 1. The lowest BCUT2D eigenvalue weighted by molar-refractivity contribution is -0.385. The normalized spacial score (nSPS) is 17.2. The molecule has 1 fully saturated rings. The molecule has 3 rings (SSSR count). The van der Waals surface area contributed by atoms with Gasteiger partial charge in [-0.25, -0.2) is 0 Å². The zero-order chi connectivity index (χ0) is 20.3. The van der Waals surface area contributed by atoms with Crippen molar-refractivity contribution in [3.63, 3.8) is 0 Å². The van der Waals surface area contributed by atoms with Crippen LogP contribution in [0.5, 0.6) is 0 Å². The minimum absolute atomic E-state index is 0.111. The average Bonchev–Trinajstić information content (AvgIpc) is 2.67. The number of nitro benzene ring substituents is 1. The number of halogens is 3. The number of piperidine rings is 1. The standard InChI is InChI=1S/C19H18F3N3O3/c20-19(21,22)16-11-15(25(27)28)8-9-17(16)24-10-4-5-13(12-24)18(26)23-14-6-2-1-3-7-14/h1-3,6-9,11,13H,4-5,10,12H2,(H,23,26). The Morgan fingerprint density at radius 3 is 2.54 bits per heavy atom. The topological polar surface area (TPSA) is 75.5 Å². The summed E-state index contributed by atoms with van der Waals surface area (Å²) >= 11 is 0. The number of non-ortho nitro benzene ring substituents is 1. The van der Waals surface area contributed by atoms with Crippen molar-refractivity contribution in [2.45, 2.75) is 19.0 Å². The highest BCUT2D eigenvalue weighted by molar-refractivity contribution is 5.93. The van der Waals surface area contributed by atoms with Crippen LogP contribution in [0.1, 0.15) is 18.4 Å². The van der Waals surface area contributed by atoms with Crippen LogP contribution >= 0.6 is 0 Å². The minimum atomic E-state index is -4.74. The summed E-state index contributed by atoms with van der Waals surface area (Å²) in [6, 6.07) is 11.5. The van der Waals surface area contributed by atoms with Gasteiger partial charge in [-0.3, -0.25) is 14.9 Å². The van der Waals surface area contributed by atoms with E-state index >= 15 is 0 Å². The quantitative estimate of drug-likeness (QED) is 0.614. The number of hydrogen-bond acceptors (Lipinski definition) is 4. The molecule has 0 aliphatic carbocycles. The van der Waals surface area contributed by atoms with Gasteiger partial charge >= 0.3 is 6.18 Å². The fourth-order valence-corrected chi connectivity index (χ4v) is 3.32. The maximum absolute atomic E-state index is 13.5. The molecule has 0 bridgehead atoms. The van der Waals surface area contributed by atoms with Crippen molar-refractivity contribution in [1.29, 1.82) is 0 Å². The highest BCUT2D eigenvalue weighted by Gasteiger charge is 2.38. The van der Waals surface area contributed by atoms with Crippen molar-refractivity contribution in [3.05, 3.63) is 64.2 Å². The van der Waals surface area contributed by atoms with Gasteiger partial charge in [-0.05, 0) is 31.0 Å². The number of benzene rings is 2. The molecule has 1 aliphatic heterocycles. The minimum Gasteiger partial charge on any atom is -0.370 e. The van der Waals surface area contributed by atoms with Crippen molar-refractivity contribution in [3.8, 4) is 0 Å². The van der Waals surface area contributed by atoms with E-state index in [9.17, 15) is 28.1 Å². The van der Waals surface area contributed by atoms with Crippen molar-refractivity contribution in [2.75, 3.05) is 23.3 Å². The maximum atomic E-state index is 13.5. The van der Waals surface area contributed by atoms with Crippen molar-refractivity contribution in [2.24, 2.45) is 5.92 Å². The van der Waals surface area contributed by atoms with Gasteiger partial charge in [0.25, 0.3) is 5.69 Å². The number of nitro groups is 1. The Morgan fingerprint density at radius 2 is 1.89 bits per heavy atom. The van der Waals surface area contributed by atoms with E-state index in [1.54, 1.807) is 24.3 Å². The molecule has 1 heterocycles. The molecule has 9 heteroatoms. The van der Waals surface area contributed by atoms with Crippen LogP contribution in [0.15, 0.2) is 48.5 Å². The van der Waals surface area contributed by atoms with Crippen molar-refractivity contribution in [1.82, 2.24) is 0 Å². The summed E-state index contributed by atoms with van der Waals surface area (Å²) in [5.74, 6) is -0.739. The van der Waals surface area contributed by atoms with E-state index in [0.29, 0.717) is 31.1 Å². The number of hydrogen-bond donors (Lipinski definition) is 1. The lowest BCUT2D eigenvalue weighted by Crippen LogP contribution is -2.41. The molecule has 6 nitrogen and oxygen atoms in total. The second-order valence-electron chi connectivity index (χ2n) is 6.60. The Morgan fingerprint density at radius 1 is 1.18 bits per heavy atom. The Kier molecular flexibility index (Phi) is 5.53. The first kappa shape index (κ1) is 19.7. The molecule has 28 heavy (non-hydrogen) atoms. The van der Waals surface area contributed by atoms with Gasteiger partial charge in [-0.15, -0.1) is 0 Å². The summed E-state index contributed by atoms with van der Waals surface area (Å²) in [6.07, 6.45) is -3.63. The first-order chi connectivity index (χ1) is 13.3. The Bertz CT molecular complexity index is 872. The van der Waals surface area contributed by atoms with Crippen LogP contribution in [0.3, 0.4) is 0 Å². The third-order valence-electron chi connectivity index (χ3n) is 4.67. The second kappa shape index (κ2) is 7.87. The first-order valence-electron chi connectivity index (χ1n) is 8.72. The summed E-state index contributed by atoms with van der Waals surface area (Å²) in [7, 11) is 0. The molecule has 1 amide bonds. The van der Waals surface area contributed by atoms with Crippen LogP contribution in [0.2, 0.25) is 0 Å². The first-order valence-corrected chi connectivity index (χ1v) is 8.72.